The van der Waals surface area contributed by atoms with Crippen LogP contribution in [0.2, 0.25) is 5.02 Å². The van der Waals surface area contributed by atoms with Gasteiger partial charge in [-0.05, 0) is 43.2 Å². The molecule has 2 rings (SSSR count). The number of nitrogens with zero attached hydrogens (tertiary/aromatic N) is 1. The Morgan fingerprint density at radius 2 is 2.10 bits per heavy atom. The first kappa shape index (κ1) is 16.5. The van der Waals surface area contributed by atoms with Crippen LogP contribution in [0.3, 0.4) is 0 Å². The third-order valence-corrected chi connectivity index (χ3v) is 5.38. The van der Waals surface area contributed by atoms with Crippen molar-refractivity contribution in [3.63, 3.8) is 0 Å². The summed E-state index contributed by atoms with van der Waals surface area (Å²) in [5.41, 5.74) is 0.823. The molecule has 1 atom stereocenters. The average molecular weight is 329 g/mol. The van der Waals surface area contributed by atoms with Crippen molar-refractivity contribution < 1.29 is 8.42 Å². The SMILES string of the molecule is CCCN(C1CCNC1)S(=O)(=O)C=Cc1ccc(Cl)cc1. The van der Waals surface area contributed by atoms with Crippen LogP contribution in [0.15, 0.2) is 29.7 Å². The highest BCUT2D eigenvalue weighted by atomic mass is 35.5. The minimum atomic E-state index is -3.40. The lowest BCUT2D eigenvalue weighted by Gasteiger charge is -2.25. The molecule has 4 nitrogen and oxygen atoms in total. The maximum atomic E-state index is 12.5. The Labute approximate surface area is 131 Å². The zero-order valence-electron chi connectivity index (χ0n) is 12.1. The van der Waals surface area contributed by atoms with Crippen molar-refractivity contribution in [2.75, 3.05) is 19.6 Å². The number of nitrogens with one attached hydrogen (secondary N) is 1. The molecule has 1 fully saturated rings. The summed E-state index contributed by atoms with van der Waals surface area (Å²) in [5.74, 6) is 0. The van der Waals surface area contributed by atoms with Crippen molar-refractivity contribution >= 4 is 27.7 Å². The van der Waals surface area contributed by atoms with E-state index in [1.807, 2.05) is 6.92 Å². The fraction of sp³-hybridized carbons (Fsp3) is 0.467. The molecule has 1 unspecified atom stereocenters. The van der Waals surface area contributed by atoms with Crippen molar-refractivity contribution in [1.82, 2.24) is 9.62 Å². The molecule has 21 heavy (non-hydrogen) atoms. The van der Waals surface area contributed by atoms with Gasteiger partial charge in [0.15, 0.2) is 0 Å². The highest BCUT2D eigenvalue weighted by Crippen LogP contribution is 2.17. The third kappa shape index (κ3) is 4.54. The summed E-state index contributed by atoms with van der Waals surface area (Å²) in [5, 5.41) is 5.15. The van der Waals surface area contributed by atoms with Gasteiger partial charge in [0.2, 0.25) is 10.0 Å². The van der Waals surface area contributed by atoms with Gasteiger partial charge < -0.3 is 5.32 Å². The van der Waals surface area contributed by atoms with E-state index in [0.29, 0.717) is 11.6 Å². The Balaban J connectivity index is 2.15. The van der Waals surface area contributed by atoms with Crippen LogP contribution in [0, 0.1) is 0 Å². The molecular formula is C15H21ClN2O2S. The number of sulfonamides is 1. The normalized spacial score (nSPS) is 19.7. The van der Waals surface area contributed by atoms with Crippen LogP contribution in [0.1, 0.15) is 25.3 Å². The van der Waals surface area contributed by atoms with E-state index in [9.17, 15) is 8.42 Å². The van der Waals surface area contributed by atoms with Gasteiger partial charge >= 0.3 is 0 Å². The van der Waals surface area contributed by atoms with Gasteiger partial charge in [-0.15, -0.1) is 0 Å². The van der Waals surface area contributed by atoms with Crippen LogP contribution in [0.25, 0.3) is 6.08 Å². The van der Waals surface area contributed by atoms with E-state index in [1.165, 1.54) is 5.41 Å². The summed E-state index contributed by atoms with van der Waals surface area (Å²) in [6.07, 6.45) is 3.30. The number of hydrogen-bond donors (Lipinski definition) is 1. The Kier molecular flexibility index (Phi) is 5.81. The standard InChI is InChI=1S/C15H21ClN2O2S/c1-2-10-18(15-7-9-17-12-15)21(19,20)11-8-13-3-5-14(16)6-4-13/h3-6,8,11,15,17H,2,7,9-10,12H2,1H3. The Morgan fingerprint density at radius 3 is 2.67 bits per heavy atom. The van der Waals surface area contributed by atoms with Gasteiger partial charge in [0.05, 0.1) is 0 Å². The minimum absolute atomic E-state index is 0.0600. The van der Waals surface area contributed by atoms with Crippen molar-refractivity contribution in [3.05, 3.63) is 40.3 Å². The van der Waals surface area contributed by atoms with Gasteiger partial charge in [-0.1, -0.05) is 30.7 Å². The molecule has 0 aliphatic carbocycles. The summed E-state index contributed by atoms with van der Waals surface area (Å²) < 4.78 is 26.7. The molecule has 0 amide bonds. The highest BCUT2D eigenvalue weighted by molar-refractivity contribution is 7.92. The van der Waals surface area contributed by atoms with E-state index in [1.54, 1.807) is 34.6 Å². The molecule has 0 radical (unpaired) electrons. The smallest absolute Gasteiger partial charge is 0.236 e. The maximum absolute atomic E-state index is 12.5. The predicted octanol–water partition coefficient (Wildman–Crippen LogP) is 2.71. The largest absolute Gasteiger partial charge is 0.315 e. The van der Waals surface area contributed by atoms with E-state index >= 15 is 0 Å². The first-order valence-corrected chi connectivity index (χ1v) is 9.07. The van der Waals surface area contributed by atoms with Crippen molar-refractivity contribution in [2.45, 2.75) is 25.8 Å². The zero-order valence-corrected chi connectivity index (χ0v) is 13.7. The molecule has 116 valence electrons. The summed E-state index contributed by atoms with van der Waals surface area (Å²) in [6, 6.07) is 7.16. The van der Waals surface area contributed by atoms with Gasteiger partial charge in [0, 0.05) is 29.6 Å². The van der Waals surface area contributed by atoms with Crippen molar-refractivity contribution in [2.24, 2.45) is 0 Å². The monoisotopic (exact) mass is 328 g/mol. The Morgan fingerprint density at radius 1 is 1.38 bits per heavy atom. The molecule has 1 N–H and O–H groups in total. The number of hydrogen-bond acceptors (Lipinski definition) is 3. The lowest BCUT2D eigenvalue weighted by Crippen LogP contribution is -2.40. The molecule has 0 aromatic heterocycles. The molecule has 1 aliphatic rings. The molecule has 1 aromatic rings. The highest BCUT2D eigenvalue weighted by Gasteiger charge is 2.29. The quantitative estimate of drug-likeness (QED) is 0.873. The molecule has 1 saturated heterocycles. The van der Waals surface area contributed by atoms with Gasteiger partial charge in [-0.3, -0.25) is 0 Å². The lowest BCUT2D eigenvalue weighted by molar-refractivity contribution is 0.339. The summed E-state index contributed by atoms with van der Waals surface area (Å²) in [6.45, 7) is 4.16. The summed E-state index contributed by atoms with van der Waals surface area (Å²) in [7, 11) is -3.40. The second kappa shape index (κ2) is 7.40. The average Bonchev–Trinajstić information content (AvgIpc) is 2.98. The van der Waals surface area contributed by atoms with Gasteiger partial charge in [-0.2, -0.15) is 4.31 Å². The lowest BCUT2D eigenvalue weighted by atomic mass is 10.2. The third-order valence-electron chi connectivity index (χ3n) is 3.51. The van der Waals surface area contributed by atoms with Crippen LogP contribution < -0.4 is 5.32 Å². The van der Waals surface area contributed by atoms with Crippen LogP contribution in [-0.2, 0) is 10.0 Å². The second-order valence-electron chi connectivity index (χ2n) is 5.16. The van der Waals surface area contributed by atoms with Crippen LogP contribution in [0.5, 0.6) is 0 Å². The molecule has 1 heterocycles. The van der Waals surface area contributed by atoms with E-state index in [4.69, 9.17) is 11.6 Å². The van der Waals surface area contributed by atoms with Crippen LogP contribution in [0.4, 0.5) is 0 Å². The summed E-state index contributed by atoms with van der Waals surface area (Å²) in [4.78, 5) is 0. The van der Waals surface area contributed by atoms with Crippen LogP contribution >= 0.6 is 11.6 Å². The summed E-state index contributed by atoms with van der Waals surface area (Å²) >= 11 is 5.82. The first-order valence-electron chi connectivity index (χ1n) is 7.19. The molecule has 0 spiro atoms. The molecule has 1 aliphatic heterocycles. The Bertz CT molecular complexity index is 578. The second-order valence-corrected chi connectivity index (χ2v) is 7.36. The maximum Gasteiger partial charge on any atom is 0.236 e. The molecular weight excluding hydrogens is 308 g/mol. The first-order chi connectivity index (χ1) is 10.0. The molecule has 0 saturated carbocycles. The predicted molar refractivity (Wildman–Crippen MR) is 87.7 cm³/mol. The van der Waals surface area contributed by atoms with Gasteiger partial charge in [-0.25, -0.2) is 8.42 Å². The van der Waals surface area contributed by atoms with E-state index < -0.39 is 10.0 Å². The number of halogens is 1. The molecule has 6 heteroatoms. The zero-order chi connectivity index (χ0) is 15.3. The van der Waals surface area contributed by atoms with Crippen molar-refractivity contribution in [1.29, 1.82) is 0 Å². The Hall–Kier alpha value is -0.880. The van der Waals surface area contributed by atoms with Gasteiger partial charge in [0.25, 0.3) is 0 Å². The van der Waals surface area contributed by atoms with E-state index in [-0.39, 0.29) is 6.04 Å². The minimum Gasteiger partial charge on any atom is -0.315 e. The topological polar surface area (TPSA) is 49.4 Å². The fourth-order valence-corrected chi connectivity index (χ4v) is 4.08. The van der Waals surface area contributed by atoms with E-state index in [0.717, 1.165) is 31.5 Å². The van der Waals surface area contributed by atoms with Crippen molar-refractivity contribution in [3.8, 4) is 0 Å². The van der Waals surface area contributed by atoms with Crippen LogP contribution in [-0.4, -0.2) is 38.4 Å². The number of rotatable bonds is 6. The number of benzene rings is 1. The molecule has 0 bridgehead atoms. The fourth-order valence-electron chi connectivity index (χ4n) is 2.44. The van der Waals surface area contributed by atoms with Gasteiger partial charge in [0.1, 0.15) is 0 Å². The molecule has 1 aromatic carbocycles. The van der Waals surface area contributed by atoms with E-state index in [2.05, 4.69) is 5.32 Å².